The molecule has 4 aliphatic rings. The summed E-state index contributed by atoms with van der Waals surface area (Å²) in [5.74, 6) is -2.42. The lowest BCUT2D eigenvalue weighted by molar-refractivity contribution is -0.123. The fraction of sp³-hybridized carbons (Fsp3) is 0.294. The Labute approximate surface area is 271 Å². The van der Waals surface area contributed by atoms with Crippen molar-refractivity contribution in [2.75, 3.05) is 10.2 Å². The van der Waals surface area contributed by atoms with Crippen LogP contribution < -0.4 is 15.1 Å². The van der Waals surface area contributed by atoms with Crippen molar-refractivity contribution in [2.24, 2.45) is 29.6 Å². The Hall–Kier alpha value is -3.73. The Balaban J connectivity index is 1.17. The summed E-state index contributed by atoms with van der Waals surface area (Å²) in [5, 5.41) is 4.07. The quantitative estimate of drug-likeness (QED) is 0.253. The number of hydrogen-bond acceptors (Lipinski definition) is 6. The Morgan fingerprint density at radius 3 is 2.29 bits per heavy atom. The van der Waals surface area contributed by atoms with Gasteiger partial charge in [-0.2, -0.15) is 0 Å². The highest BCUT2D eigenvalue weighted by molar-refractivity contribution is 8.00. The third-order valence-corrected chi connectivity index (χ3v) is 12.9. The number of halogens is 2. The van der Waals surface area contributed by atoms with Crippen molar-refractivity contribution in [3.63, 3.8) is 0 Å². The van der Waals surface area contributed by atoms with Gasteiger partial charge < -0.3 is 5.32 Å². The average Bonchev–Trinajstić information content (AvgIpc) is 3.74. The standard InChI is InChI=1S/C34H27ClFN3O4S2/c1-16-2-10-20(11-3-16)37-24(40)15-38-33-30(45-34(38)43)25(17-4-8-19(36)9-5-17)26-22-14-23(29(26)44-33)28-27(22)31(41)39(32(28)42)21-12-6-18(35)7-13-21/h2-13,22-23,25-29H,14-15H2,1H3,(H,37,40). The molecule has 4 aromatic rings. The number of nitrogens with zero attached hydrogens (tertiary/aromatic N) is 2. The fourth-order valence-electron chi connectivity index (χ4n) is 8.12. The normalized spacial score (nSPS) is 27.8. The number of carbonyl (C=O) groups excluding carboxylic acids is 3. The minimum absolute atomic E-state index is 0.0333. The van der Waals surface area contributed by atoms with E-state index in [2.05, 4.69) is 5.32 Å². The van der Waals surface area contributed by atoms with Gasteiger partial charge in [0.1, 0.15) is 12.4 Å². The summed E-state index contributed by atoms with van der Waals surface area (Å²) in [5.41, 5.74) is 3.09. The third kappa shape index (κ3) is 4.52. The lowest BCUT2D eigenvalue weighted by Gasteiger charge is -2.43. The molecule has 3 fully saturated rings. The van der Waals surface area contributed by atoms with Crippen molar-refractivity contribution in [2.45, 2.75) is 36.1 Å². The van der Waals surface area contributed by atoms with Gasteiger partial charge in [-0.25, -0.2) is 4.39 Å². The number of benzene rings is 3. The molecule has 7 atom stereocenters. The van der Waals surface area contributed by atoms with Crippen LogP contribution in [-0.2, 0) is 20.9 Å². The van der Waals surface area contributed by atoms with Crippen molar-refractivity contribution >= 4 is 63.8 Å². The molecule has 3 aromatic carbocycles. The number of aryl methyl sites for hydroxylation is 1. The van der Waals surface area contributed by atoms with E-state index in [1.807, 2.05) is 31.2 Å². The van der Waals surface area contributed by atoms with Crippen LogP contribution in [0.15, 0.2) is 82.6 Å². The summed E-state index contributed by atoms with van der Waals surface area (Å²) in [6.07, 6.45) is 0.731. The first kappa shape index (κ1) is 28.7. The van der Waals surface area contributed by atoms with Gasteiger partial charge in [0, 0.05) is 26.8 Å². The first-order chi connectivity index (χ1) is 21.7. The van der Waals surface area contributed by atoms with Crippen LogP contribution in [0, 0.1) is 42.3 Å². The number of thiazole rings is 1. The van der Waals surface area contributed by atoms with E-state index < -0.39 is 11.8 Å². The predicted molar refractivity (Wildman–Crippen MR) is 172 cm³/mol. The zero-order valence-electron chi connectivity index (χ0n) is 24.0. The molecule has 11 heteroatoms. The zero-order valence-corrected chi connectivity index (χ0v) is 26.4. The molecule has 1 N–H and O–H groups in total. The molecule has 45 heavy (non-hydrogen) atoms. The maximum absolute atomic E-state index is 14.1. The number of thioether (sulfide) groups is 1. The van der Waals surface area contributed by atoms with Crippen molar-refractivity contribution in [1.82, 2.24) is 4.57 Å². The van der Waals surface area contributed by atoms with E-state index in [0.717, 1.165) is 38.8 Å². The van der Waals surface area contributed by atoms with Crippen LogP contribution in [0.1, 0.15) is 28.3 Å². The van der Waals surface area contributed by atoms with Crippen molar-refractivity contribution < 1.29 is 18.8 Å². The number of fused-ring (bicyclic) bond motifs is 9. The minimum atomic E-state index is -0.455. The average molecular weight is 660 g/mol. The van der Waals surface area contributed by atoms with E-state index in [0.29, 0.717) is 16.4 Å². The lowest BCUT2D eigenvalue weighted by atomic mass is 9.68. The number of aromatic nitrogens is 1. The minimum Gasteiger partial charge on any atom is -0.325 e. The first-order valence-electron chi connectivity index (χ1n) is 14.8. The van der Waals surface area contributed by atoms with Gasteiger partial charge >= 0.3 is 4.87 Å². The monoisotopic (exact) mass is 659 g/mol. The molecule has 1 aromatic heterocycles. The molecule has 2 saturated carbocycles. The molecule has 1 saturated heterocycles. The van der Waals surface area contributed by atoms with E-state index in [9.17, 15) is 23.6 Å². The molecule has 0 spiro atoms. The molecule has 2 bridgehead atoms. The van der Waals surface area contributed by atoms with E-state index in [1.54, 1.807) is 48.2 Å². The third-order valence-electron chi connectivity index (χ3n) is 9.90. The van der Waals surface area contributed by atoms with Gasteiger partial charge in [0.15, 0.2) is 0 Å². The van der Waals surface area contributed by atoms with E-state index in [-0.39, 0.29) is 63.9 Å². The molecule has 3 heterocycles. The summed E-state index contributed by atoms with van der Waals surface area (Å²) in [7, 11) is 0. The molecular formula is C34H27ClFN3O4S2. The van der Waals surface area contributed by atoms with Crippen LogP contribution in [0.2, 0.25) is 5.02 Å². The van der Waals surface area contributed by atoms with Crippen LogP contribution in [0.5, 0.6) is 0 Å². The SMILES string of the molecule is Cc1ccc(NC(=O)Cn2c3c(sc2=O)C(c2ccc(F)cc2)C2C4CC(C2S3)C2C(=O)N(c3ccc(Cl)cc3)C(=O)C42)cc1. The smallest absolute Gasteiger partial charge is 0.308 e. The van der Waals surface area contributed by atoms with Gasteiger partial charge in [-0.1, -0.05) is 52.8 Å². The van der Waals surface area contributed by atoms with Gasteiger partial charge in [-0.3, -0.25) is 28.6 Å². The van der Waals surface area contributed by atoms with Crippen molar-refractivity contribution in [3.8, 4) is 0 Å². The highest BCUT2D eigenvalue weighted by atomic mass is 35.5. The summed E-state index contributed by atoms with van der Waals surface area (Å²) >= 11 is 8.76. The number of nitrogens with one attached hydrogen (secondary N) is 1. The number of carbonyl (C=O) groups is 3. The second kappa shape index (κ2) is 10.7. The molecule has 7 unspecified atom stereocenters. The van der Waals surface area contributed by atoms with Crippen LogP contribution in [0.25, 0.3) is 0 Å². The summed E-state index contributed by atoms with van der Waals surface area (Å²) in [6.45, 7) is 1.81. The Morgan fingerprint density at radius 2 is 1.60 bits per heavy atom. The maximum Gasteiger partial charge on any atom is 0.308 e. The van der Waals surface area contributed by atoms with E-state index in [4.69, 9.17) is 11.6 Å². The van der Waals surface area contributed by atoms with E-state index in [1.165, 1.54) is 21.6 Å². The van der Waals surface area contributed by atoms with Gasteiger partial charge in [-0.05, 0) is 85.2 Å². The number of amides is 3. The number of rotatable bonds is 5. The fourth-order valence-corrected chi connectivity index (χ4v) is 11.4. The summed E-state index contributed by atoms with van der Waals surface area (Å²) in [6, 6.07) is 20.5. The molecule has 7 nitrogen and oxygen atoms in total. The molecule has 3 amide bonds. The topological polar surface area (TPSA) is 88.5 Å². The second-order valence-electron chi connectivity index (χ2n) is 12.3. The van der Waals surface area contributed by atoms with Gasteiger partial charge in [0.25, 0.3) is 0 Å². The first-order valence-corrected chi connectivity index (χ1v) is 16.9. The lowest BCUT2D eigenvalue weighted by Crippen LogP contribution is -2.43. The highest BCUT2D eigenvalue weighted by Crippen LogP contribution is 2.69. The highest BCUT2D eigenvalue weighted by Gasteiger charge is 2.69. The number of imide groups is 1. The van der Waals surface area contributed by atoms with Crippen LogP contribution in [0.3, 0.4) is 0 Å². The Morgan fingerprint density at radius 1 is 0.933 bits per heavy atom. The maximum atomic E-state index is 14.1. The largest absolute Gasteiger partial charge is 0.325 e. The molecule has 228 valence electrons. The van der Waals surface area contributed by atoms with Crippen molar-refractivity contribution in [3.05, 3.63) is 109 Å². The van der Waals surface area contributed by atoms with Crippen LogP contribution in [-0.4, -0.2) is 27.5 Å². The molecule has 8 rings (SSSR count). The van der Waals surface area contributed by atoms with Crippen LogP contribution in [0.4, 0.5) is 15.8 Å². The van der Waals surface area contributed by atoms with Crippen LogP contribution >= 0.6 is 34.7 Å². The van der Waals surface area contributed by atoms with Gasteiger partial charge in [0.2, 0.25) is 17.7 Å². The van der Waals surface area contributed by atoms with E-state index >= 15 is 0 Å². The molecule has 0 radical (unpaired) electrons. The molecule has 2 aliphatic carbocycles. The summed E-state index contributed by atoms with van der Waals surface area (Å²) < 4.78 is 15.6. The van der Waals surface area contributed by atoms with Crippen molar-refractivity contribution in [1.29, 1.82) is 0 Å². The van der Waals surface area contributed by atoms with Gasteiger partial charge in [-0.15, -0.1) is 11.8 Å². The van der Waals surface area contributed by atoms with Gasteiger partial charge in [0.05, 0.1) is 22.5 Å². The number of hydrogen-bond donors (Lipinski definition) is 1. The second-order valence-corrected chi connectivity index (χ2v) is 14.9. The summed E-state index contributed by atoms with van der Waals surface area (Å²) in [4.78, 5) is 56.4. The Bertz CT molecular complexity index is 1920. The zero-order chi connectivity index (χ0) is 31.1. The molecular weight excluding hydrogens is 633 g/mol. The number of anilines is 2. The molecule has 2 aliphatic heterocycles. The predicted octanol–water partition coefficient (Wildman–Crippen LogP) is 6.33. The Kier molecular flexibility index (Phi) is 6.81.